The van der Waals surface area contributed by atoms with E-state index in [0.29, 0.717) is 19.6 Å². The molecule has 1 amide bonds. The lowest BCUT2D eigenvalue weighted by atomic mass is 9.89. The van der Waals surface area contributed by atoms with Crippen LogP contribution in [-0.4, -0.2) is 37.0 Å². The average molecular weight is 325 g/mol. The number of nitrogens with zero attached hydrogens (tertiary/aromatic N) is 1. The Balaban J connectivity index is 0.00000176. The van der Waals surface area contributed by atoms with Gasteiger partial charge in [0.1, 0.15) is 5.75 Å². The van der Waals surface area contributed by atoms with Gasteiger partial charge in [-0.1, -0.05) is 25.1 Å². The summed E-state index contributed by atoms with van der Waals surface area (Å²) in [5.41, 5.74) is 7.10. The van der Waals surface area contributed by atoms with Crippen molar-refractivity contribution < 1.29 is 9.53 Å². The van der Waals surface area contributed by atoms with Gasteiger partial charge in [0.15, 0.2) is 0 Å². The standard InChI is InChI=1S/C17H24N2O2.ClH/c1-17(11-18)7-8-19(12-17)16(20)10-13-6-9-21-15-5-3-2-4-14(13)15;/h2-5,13H,6-12,18H2,1H3;1H. The van der Waals surface area contributed by atoms with Gasteiger partial charge >= 0.3 is 0 Å². The molecule has 0 aromatic heterocycles. The molecule has 2 aliphatic heterocycles. The van der Waals surface area contributed by atoms with Gasteiger partial charge < -0.3 is 15.4 Å². The molecule has 2 N–H and O–H groups in total. The molecule has 1 aromatic carbocycles. The zero-order valence-corrected chi connectivity index (χ0v) is 13.9. The number of carbonyl (C=O) groups is 1. The Bertz CT molecular complexity index is 537. The number of fused-ring (bicyclic) bond motifs is 1. The van der Waals surface area contributed by atoms with E-state index < -0.39 is 0 Å². The number of halogens is 1. The van der Waals surface area contributed by atoms with Crippen LogP contribution in [0.4, 0.5) is 0 Å². The van der Waals surface area contributed by atoms with Gasteiger partial charge in [0, 0.05) is 19.5 Å². The molecule has 4 nitrogen and oxygen atoms in total. The Labute approximate surface area is 138 Å². The predicted molar refractivity (Wildman–Crippen MR) is 89.5 cm³/mol. The van der Waals surface area contributed by atoms with Gasteiger partial charge in [-0.25, -0.2) is 0 Å². The van der Waals surface area contributed by atoms with Crippen molar-refractivity contribution in [1.82, 2.24) is 4.90 Å². The molecule has 2 atom stereocenters. The van der Waals surface area contributed by atoms with E-state index in [0.717, 1.165) is 31.7 Å². The first-order valence-corrected chi connectivity index (χ1v) is 7.81. The van der Waals surface area contributed by atoms with Crippen LogP contribution in [0.2, 0.25) is 0 Å². The van der Waals surface area contributed by atoms with E-state index in [9.17, 15) is 4.79 Å². The largest absolute Gasteiger partial charge is 0.493 e. The minimum atomic E-state index is 0. The number of rotatable bonds is 3. The smallest absolute Gasteiger partial charge is 0.223 e. The van der Waals surface area contributed by atoms with Crippen molar-refractivity contribution in [3.05, 3.63) is 29.8 Å². The number of para-hydroxylation sites is 1. The molecule has 1 fully saturated rings. The predicted octanol–water partition coefficient (Wildman–Crippen LogP) is 2.56. The minimum absolute atomic E-state index is 0. The summed E-state index contributed by atoms with van der Waals surface area (Å²) in [6.07, 6.45) is 2.52. The van der Waals surface area contributed by atoms with Crippen LogP contribution in [0.15, 0.2) is 24.3 Å². The fourth-order valence-electron chi connectivity index (χ4n) is 3.37. The number of hydrogen-bond donors (Lipinski definition) is 1. The lowest BCUT2D eigenvalue weighted by molar-refractivity contribution is -0.131. The Kier molecular flexibility index (Phi) is 5.35. The van der Waals surface area contributed by atoms with Gasteiger partial charge in [-0.15, -0.1) is 12.4 Å². The molecule has 3 rings (SSSR count). The highest BCUT2D eigenvalue weighted by atomic mass is 35.5. The van der Waals surface area contributed by atoms with Crippen molar-refractivity contribution in [3.8, 4) is 5.75 Å². The number of ether oxygens (including phenoxy) is 1. The summed E-state index contributed by atoms with van der Waals surface area (Å²) in [7, 11) is 0. The Morgan fingerprint density at radius 2 is 2.23 bits per heavy atom. The van der Waals surface area contributed by atoms with Crippen LogP contribution in [0, 0.1) is 5.41 Å². The molecule has 5 heteroatoms. The van der Waals surface area contributed by atoms with E-state index in [1.807, 2.05) is 23.1 Å². The highest BCUT2D eigenvalue weighted by Gasteiger charge is 2.36. The molecule has 22 heavy (non-hydrogen) atoms. The Morgan fingerprint density at radius 1 is 1.45 bits per heavy atom. The number of nitrogens with two attached hydrogens (primary N) is 1. The first kappa shape index (κ1) is 17.1. The summed E-state index contributed by atoms with van der Waals surface area (Å²) in [6.45, 7) is 5.17. The Hall–Kier alpha value is -1.26. The molecular formula is C17H25ClN2O2. The lowest BCUT2D eigenvalue weighted by Gasteiger charge is -2.28. The lowest BCUT2D eigenvalue weighted by Crippen LogP contribution is -2.35. The fraction of sp³-hybridized carbons (Fsp3) is 0.588. The van der Waals surface area contributed by atoms with E-state index in [-0.39, 0.29) is 29.6 Å². The topological polar surface area (TPSA) is 55.6 Å². The molecule has 0 radical (unpaired) electrons. The summed E-state index contributed by atoms with van der Waals surface area (Å²) in [4.78, 5) is 14.6. The molecule has 0 saturated carbocycles. The quantitative estimate of drug-likeness (QED) is 0.929. The third-order valence-electron chi connectivity index (χ3n) is 4.91. The monoisotopic (exact) mass is 324 g/mol. The van der Waals surface area contributed by atoms with Gasteiger partial charge in [-0.05, 0) is 42.3 Å². The second kappa shape index (κ2) is 6.88. The number of carbonyl (C=O) groups excluding carboxylic acids is 1. The van der Waals surface area contributed by atoms with Crippen LogP contribution in [-0.2, 0) is 4.79 Å². The first-order chi connectivity index (χ1) is 10.1. The maximum absolute atomic E-state index is 12.6. The maximum atomic E-state index is 12.6. The van der Waals surface area contributed by atoms with E-state index in [2.05, 4.69) is 13.0 Å². The summed E-state index contributed by atoms with van der Waals surface area (Å²) in [5, 5.41) is 0. The van der Waals surface area contributed by atoms with E-state index in [1.165, 1.54) is 5.56 Å². The molecule has 0 spiro atoms. The van der Waals surface area contributed by atoms with Crippen LogP contribution in [0.5, 0.6) is 5.75 Å². The SMILES string of the molecule is CC1(CN)CCN(C(=O)CC2CCOc3ccccc32)C1.Cl. The Morgan fingerprint density at radius 3 is 2.95 bits per heavy atom. The van der Waals surface area contributed by atoms with Gasteiger partial charge in [0.2, 0.25) is 5.91 Å². The van der Waals surface area contributed by atoms with Crippen LogP contribution in [0.25, 0.3) is 0 Å². The van der Waals surface area contributed by atoms with Gasteiger partial charge in [0.25, 0.3) is 0 Å². The average Bonchev–Trinajstić information content (AvgIpc) is 2.91. The van der Waals surface area contributed by atoms with Crippen molar-refractivity contribution in [2.45, 2.75) is 32.1 Å². The van der Waals surface area contributed by atoms with E-state index >= 15 is 0 Å². The third-order valence-corrected chi connectivity index (χ3v) is 4.91. The normalized spacial score (nSPS) is 26.8. The van der Waals surface area contributed by atoms with Gasteiger partial charge in [-0.3, -0.25) is 4.79 Å². The highest BCUT2D eigenvalue weighted by Crippen LogP contribution is 2.37. The van der Waals surface area contributed by atoms with Gasteiger partial charge in [0.05, 0.1) is 6.61 Å². The molecule has 2 aliphatic rings. The van der Waals surface area contributed by atoms with Crippen LogP contribution in [0.3, 0.4) is 0 Å². The van der Waals surface area contributed by atoms with Crippen molar-refractivity contribution in [2.75, 3.05) is 26.2 Å². The van der Waals surface area contributed by atoms with Crippen LogP contribution < -0.4 is 10.5 Å². The van der Waals surface area contributed by atoms with Gasteiger partial charge in [-0.2, -0.15) is 0 Å². The highest BCUT2D eigenvalue weighted by molar-refractivity contribution is 5.85. The third kappa shape index (κ3) is 3.39. The number of hydrogen-bond acceptors (Lipinski definition) is 3. The molecule has 2 unspecified atom stereocenters. The fourth-order valence-corrected chi connectivity index (χ4v) is 3.37. The second-order valence-electron chi connectivity index (χ2n) is 6.66. The van der Waals surface area contributed by atoms with Crippen LogP contribution in [0.1, 0.15) is 37.7 Å². The number of likely N-dealkylation sites (tertiary alicyclic amines) is 1. The van der Waals surface area contributed by atoms with Crippen molar-refractivity contribution >= 4 is 18.3 Å². The van der Waals surface area contributed by atoms with Crippen molar-refractivity contribution in [1.29, 1.82) is 0 Å². The summed E-state index contributed by atoms with van der Waals surface area (Å²) < 4.78 is 5.67. The minimum Gasteiger partial charge on any atom is -0.493 e. The maximum Gasteiger partial charge on any atom is 0.223 e. The number of benzene rings is 1. The molecule has 1 saturated heterocycles. The first-order valence-electron chi connectivity index (χ1n) is 7.81. The summed E-state index contributed by atoms with van der Waals surface area (Å²) >= 11 is 0. The van der Waals surface area contributed by atoms with Crippen molar-refractivity contribution in [2.24, 2.45) is 11.1 Å². The number of amides is 1. The summed E-state index contributed by atoms with van der Waals surface area (Å²) in [6, 6.07) is 8.08. The molecule has 122 valence electrons. The molecule has 1 aromatic rings. The van der Waals surface area contributed by atoms with Crippen LogP contribution >= 0.6 is 12.4 Å². The second-order valence-corrected chi connectivity index (χ2v) is 6.66. The summed E-state index contributed by atoms with van der Waals surface area (Å²) in [5.74, 6) is 1.48. The van der Waals surface area contributed by atoms with E-state index in [4.69, 9.17) is 10.5 Å². The zero-order valence-electron chi connectivity index (χ0n) is 13.1. The molecule has 2 heterocycles. The molecular weight excluding hydrogens is 300 g/mol. The zero-order chi connectivity index (χ0) is 14.9. The van der Waals surface area contributed by atoms with Crippen molar-refractivity contribution in [3.63, 3.8) is 0 Å². The molecule has 0 aliphatic carbocycles. The van der Waals surface area contributed by atoms with E-state index in [1.54, 1.807) is 0 Å². The molecule has 0 bridgehead atoms.